The number of nitrogens with zero attached hydrogens (tertiary/aromatic N) is 4. The van der Waals surface area contributed by atoms with E-state index >= 15 is 0 Å². The molecule has 7 nitrogen and oxygen atoms in total. The average molecular weight is 427 g/mol. The highest BCUT2D eigenvalue weighted by molar-refractivity contribution is 7.13. The van der Waals surface area contributed by atoms with Crippen LogP contribution in [0.1, 0.15) is 5.56 Å². The molecule has 0 aliphatic carbocycles. The topological polar surface area (TPSA) is 84.2 Å². The first-order valence-electron chi connectivity index (χ1n) is 9.68. The van der Waals surface area contributed by atoms with Gasteiger partial charge in [-0.2, -0.15) is 9.61 Å². The molecule has 3 aromatic heterocycles. The monoisotopic (exact) mass is 426 g/mol. The summed E-state index contributed by atoms with van der Waals surface area (Å²) in [4.78, 5) is 13.4. The van der Waals surface area contributed by atoms with E-state index in [0.29, 0.717) is 17.2 Å². The van der Waals surface area contributed by atoms with E-state index < -0.39 is 0 Å². The lowest BCUT2D eigenvalue weighted by Gasteiger charge is -2.10. The number of carbonyl (C=O) groups excluding carboxylic acids is 1. The molecule has 0 unspecified atom stereocenters. The molecule has 31 heavy (non-hydrogen) atoms. The number of nitrogens with one attached hydrogen (secondary N) is 2. The Hall–Kier alpha value is -4.04. The van der Waals surface area contributed by atoms with Crippen molar-refractivity contribution < 1.29 is 4.79 Å². The van der Waals surface area contributed by atoms with Gasteiger partial charge in [0.2, 0.25) is 0 Å². The number of fused-ring (bicyclic) bond motifs is 1. The molecule has 0 spiro atoms. The minimum Gasteiger partial charge on any atom is -0.308 e. The van der Waals surface area contributed by atoms with Crippen LogP contribution >= 0.6 is 11.3 Å². The normalized spacial score (nSPS) is 10.9. The van der Waals surface area contributed by atoms with Crippen molar-refractivity contribution in [3.63, 3.8) is 0 Å². The third-order valence-corrected chi connectivity index (χ3v) is 5.68. The van der Waals surface area contributed by atoms with Crippen LogP contribution in [0.25, 0.3) is 27.6 Å². The van der Waals surface area contributed by atoms with Crippen molar-refractivity contribution in [3.8, 4) is 22.0 Å². The molecule has 152 valence electrons. The molecule has 5 aromatic rings. The Bertz CT molecular complexity index is 1380. The molecule has 2 amide bonds. The van der Waals surface area contributed by atoms with E-state index in [1.54, 1.807) is 15.9 Å². The van der Waals surface area contributed by atoms with E-state index in [9.17, 15) is 4.79 Å². The molecular weight excluding hydrogens is 408 g/mol. The fourth-order valence-electron chi connectivity index (χ4n) is 3.26. The van der Waals surface area contributed by atoms with Crippen LogP contribution in [0.2, 0.25) is 0 Å². The van der Waals surface area contributed by atoms with Crippen LogP contribution in [0.3, 0.4) is 0 Å². The van der Waals surface area contributed by atoms with Gasteiger partial charge < -0.3 is 10.6 Å². The minimum atomic E-state index is -0.298. The molecule has 3 heterocycles. The van der Waals surface area contributed by atoms with Crippen LogP contribution in [0.5, 0.6) is 0 Å². The predicted molar refractivity (Wildman–Crippen MR) is 123 cm³/mol. The van der Waals surface area contributed by atoms with Gasteiger partial charge in [0, 0.05) is 16.9 Å². The van der Waals surface area contributed by atoms with Gasteiger partial charge in [-0.1, -0.05) is 36.4 Å². The van der Waals surface area contributed by atoms with Crippen LogP contribution in [0.4, 0.5) is 16.2 Å². The van der Waals surface area contributed by atoms with E-state index in [2.05, 4.69) is 20.8 Å². The molecule has 0 aliphatic heterocycles. The van der Waals surface area contributed by atoms with Crippen molar-refractivity contribution in [3.05, 3.63) is 83.7 Å². The van der Waals surface area contributed by atoms with Crippen molar-refractivity contribution in [1.82, 2.24) is 19.8 Å². The van der Waals surface area contributed by atoms with Gasteiger partial charge in [0.15, 0.2) is 11.5 Å². The molecule has 0 radical (unpaired) electrons. The maximum atomic E-state index is 12.4. The Kier molecular flexibility index (Phi) is 4.89. The van der Waals surface area contributed by atoms with E-state index in [0.717, 1.165) is 27.4 Å². The molecule has 0 bridgehead atoms. The number of thiophene rings is 1. The van der Waals surface area contributed by atoms with Crippen molar-refractivity contribution in [2.75, 3.05) is 10.6 Å². The number of urea groups is 1. The minimum absolute atomic E-state index is 0.298. The van der Waals surface area contributed by atoms with Gasteiger partial charge in [0.05, 0.1) is 10.6 Å². The van der Waals surface area contributed by atoms with Gasteiger partial charge in [-0.05, 0) is 54.3 Å². The van der Waals surface area contributed by atoms with E-state index in [4.69, 9.17) is 5.10 Å². The summed E-state index contributed by atoms with van der Waals surface area (Å²) < 4.78 is 1.74. The summed E-state index contributed by atoms with van der Waals surface area (Å²) in [5.41, 5.74) is 4.76. The van der Waals surface area contributed by atoms with Gasteiger partial charge in [-0.3, -0.25) is 0 Å². The van der Waals surface area contributed by atoms with E-state index in [1.807, 2.05) is 85.1 Å². The van der Waals surface area contributed by atoms with Crippen LogP contribution in [0.15, 0.2) is 78.2 Å². The van der Waals surface area contributed by atoms with Gasteiger partial charge in [0.1, 0.15) is 0 Å². The summed E-state index contributed by atoms with van der Waals surface area (Å²) in [5.74, 6) is 0.707. The summed E-state index contributed by atoms with van der Waals surface area (Å²) in [6.07, 6.45) is 0. The standard InChI is InChI=1S/C23H18N6OS/c1-15-6-2-3-9-18(15)25-23(30)24-17-8-4-7-16(14-17)19-11-12-21-26-27-22(29(21)28-19)20-10-5-13-31-20/h2-14H,1H3,(H2,24,25,30). The molecule has 8 heteroatoms. The second-order valence-electron chi connectivity index (χ2n) is 6.96. The van der Waals surface area contributed by atoms with Crippen molar-refractivity contribution in [1.29, 1.82) is 0 Å². The Labute approximate surface area is 182 Å². The average Bonchev–Trinajstić information content (AvgIpc) is 3.44. The van der Waals surface area contributed by atoms with Gasteiger partial charge in [0.25, 0.3) is 0 Å². The zero-order valence-electron chi connectivity index (χ0n) is 16.6. The highest BCUT2D eigenvalue weighted by Crippen LogP contribution is 2.25. The highest BCUT2D eigenvalue weighted by Gasteiger charge is 2.12. The van der Waals surface area contributed by atoms with Crippen molar-refractivity contribution in [2.24, 2.45) is 0 Å². The number of hydrogen-bond acceptors (Lipinski definition) is 5. The Morgan fingerprint density at radius 2 is 1.84 bits per heavy atom. The molecule has 0 atom stereocenters. The number of aromatic nitrogens is 4. The van der Waals surface area contributed by atoms with Crippen LogP contribution in [0, 0.1) is 6.92 Å². The number of para-hydroxylation sites is 1. The predicted octanol–water partition coefficient (Wildman–Crippen LogP) is 5.47. The first-order chi connectivity index (χ1) is 15.2. The summed E-state index contributed by atoms with van der Waals surface area (Å²) in [6.45, 7) is 1.95. The lowest BCUT2D eigenvalue weighted by atomic mass is 10.1. The molecule has 0 aliphatic rings. The van der Waals surface area contributed by atoms with Crippen molar-refractivity contribution >= 4 is 34.4 Å². The Morgan fingerprint density at radius 1 is 0.935 bits per heavy atom. The van der Waals surface area contributed by atoms with Gasteiger partial charge in [-0.15, -0.1) is 21.5 Å². The summed E-state index contributed by atoms with van der Waals surface area (Å²) in [6, 6.07) is 22.7. The zero-order valence-corrected chi connectivity index (χ0v) is 17.4. The summed E-state index contributed by atoms with van der Waals surface area (Å²) >= 11 is 1.59. The summed E-state index contributed by atoms with van der Waals surface area (Å²) in [7, 11) is 0. The number of benzene rings is 2. The number of aryl methyl sites for hydroxylation is 1. The maximum Gasteiger partial charge on any atom is 0.323 e. The first kappa shape index (κ1) is 19.0. The van der Waals surface area contributed by atoms with Crippen LogP contribution < -0.4 is 10.6 Å². The lowest BCUT2D eigenvalue weighted by molar-refractivity contribution is 0.262. The number of carbonyl (C=O) groups is 1. The van der Waals surface area contributed by atoms with Crippen LogP contribution in [-0.2, 0) is 0 Å². The molecular formula is C23H18N6OS. The maximum absolute atomic E-state index is 12.4. The highest BCUT2D eigenvalue weighted by atomic mass is 32.1. The van der Waals surface area contributed by atoms with Gasteiger partial charge in [-0.25, -0.2) is 4.79 Å². The largest absolute Gasteiger partial charge is 0.323 e. The number of rotatable bonds is 4. The molecule has 2 N–H and O–H groups in total. The SMILES string of the molecule is Cc1ccccc1NC(=O)Nc1cccc(-c2ccc3nnc(-c4cccs4)n3n2)c1. The van der Waals surface area contributed by atoms with Gasteiger partial charge >= 0.3 is 6.03 Å². The fraction of sp³-hybridized carbons (Fsp3) is 0.0435. The third-order valence-electron chi connectivity index (χ3n) is 4.81. The zero-order chi connectivity index (χ0) is 21.2. The smallest absolute Gasteiger partial charge is 0.308 e. The molecule has 0 saturated carbocycles. The van der Waals surface area contributed by atoms with E-state index in [-0.39, 0.29) is 6.03 Å². The third kappa shape index (κ3) is 3.88. The fourth-order valence-corrected chi connectivity index (χ4v) is 3.95. The molecule has 0 fully saturated rings. The first-order valence-corrected chi connectivity index (χ1v) is 10.6. The molecule has 0 saturated heterocycles. The second kappa shape index (κ2) is 8.00. The molecule has 5 rings (SSSR count). The number of amides is 2. The van der Waals surface area contributed by atoms with Crippen molar-refractivity contribution in [2.45, 2.75) is 6.92 Å². The number of anilines is 2. The lowest BCUT2D eigenvalue weighted by Crippen LogP contribution is -2.19. The Balaban J connectivity index is 1.41. The number of hydrogen-bond donors (Lipinski definition) is 2. The quantitative estimate of drug-likeness (QED) is 0.399. The second-order valence-corrected chi connectivity index (χ2v) is 7.91. The molecule has 2 aromatic carbocycles. The Morgan fingerprint density at radius 3 is 2.68 bits per heavy atom. The summed E-state index contributed by atoms with van der Waals surface area (Å²) in [5, 5.41) is 21.0. The van der Waals surface area contributed by atoms with Crippen LogP contribution in [-0.4, -0.2) is 25.8 Å². The van der Waals surface area contributed by atoms with E-state index in [1.165, 1.54) is 0 Å².